The summed E-state index contributed by atoms with van der Waals surface area (Å²) in [6.45, 7) is 1.85. The molecule has 6 heteroatoms. The van der Waals surface area contributed by atoms with Crippen molar-refractivity contribution in [2.45, 2.75) is 13.3 Å². The van der Waals surface area contributed by atoms with Gasteiger partial charge in [0.25, 0.3) is 5.56 Å². The molecule has 0 bridgehead atoms. The summed E-state index contributed by atoms with van der Waals surface area (Å²) in [5.41, 5.74) is 3.81. The predicted octanol–water partition coefficient (Wildman–Crippen LogP) is 6.43. The Morgan fingerprint density at radius 3 is 1.87 bits per heavy atom. The number of ether oxygens (including phenoxy) is 1. The van der Waals surface area contributed by atoms with Gasteiger partial charge < -0.3 is 9.30 Å². The number of aryl methyl sites for hydroxylation is 1. The van der Waals surface area contributed by atoms with Gasteiger partial charge in [0.15, 0.2) is 0 Å². The van der Waals surface area contributed by atoms with Crippen molar-refractivity contribution < 1.29 is 14.3 Å². The predicted molar refractivity (Wildman–Crippen MR) is 154 cm³/mol. The van der Waals surface area contributed by atoms with Crippen LogP contribution in [0, 0.1) is 6.92 Å². The van der Waals surface area contributed by atoms with Crippen molar-refractivity contribution in [2.75, 3.05) is 11.5 Å². The van der Waals surface area contributed by atoms with Crippen molar-refractivity contribution in [3.63, 3.8) is 0 Å². The van der Waals surface area contributed by atoms with E-state index in [0.717, 1.165) is 22.5 Å². The SMILES string of the molecule is Cc1ccc(-c2c(C(=O)OCCC(=O)N(c3ccccc3)c3ccccc3)n(C)c(=O)c3ccccc23)cc1. The molecule has 0 unspecified atom stereocenters. The number of fused-ring (bicyclic) bond motifs is 1. The zero-order chi connectivity index (χ0) is 27.4. The van der Waals surface area contributed by atoms with Crippen LogP contribution in [0.25, 0.3) is 21.9 Å². The molecule has 5 rings (SSSR count). The lowest BCUT2D eigenvalue weighted by molar-refractivity contribution is -0.118. The van der Waals surface area contributed by atoms with E-state index in [1.54, 1.807) is 24.1 Å². The number of esters is 1. The lowest BCUT2D eigenvalue weighted by Gasteiger charge is -2.23. The summed E-state index contributed by atoms with van der Waals surface area (Å²) >= 11 is 0. The smallest absolute Gasteiger partial charge is 0.355 e. The number of carbonyl (C=O) groups is 2. The Kier molecular flexibility index (Phi) is 7.37. The van der Waals surface area contributed by atoms with Gasteiger partial charge in [0, 0.05) is 29.4 Å². The van der Waals surface area contributed by atoms with Crippen LogP contribution in [0.4, 0.5) is 11.4 Å². The average Bonchev–Trinajstić information content (AvgIpc) is 2.96. The maximum absolute atomic E-state index is 13.5. The van der Waals surface area contributed by atoms with Crippen LogP contribution in [0.5, 0.6) is 0 Å². The number of para-hydroxylation sites is 2. The Labute approximate surface area is 226 Å². The number of nitrogens with zero attached hydrogens (tertiary/aromatic N) is 2. The molecule has 5 aromatic rings. The van der Waals surface area contributed by atoms with Crippen molar-refractivity contribution in [3.05, 3.63) is 131 Å². The van der Waals surface area contributed by atoms with Gasteiger partial charge in [-0.1, -0.05) is 84.4 Å². The van der Waals surface area contributed by atoms with Crippen LogP contribution in [-0.4, -0.2) is 23.1 Å². The van der Waals surface area contributed by atoms with Gasteiger partial charge in [-0.3, -0.25) is 14.5 Å². The lowest BCUT2D eigenvalue weighted by atomic mass is 9.96. The topological polar surface area (TPSA) is 68.6 Å². The minimum atomic E-state index is -0.658. The molecule has 0 radical (unpaired) electrons. The number of benzene rings is 4. The van der Waals surface area contributed by atoms with Crippen LogP contribution >= 0.6 is 0 Å². The molecule has 0 spiro atoms. The van der Waals surface area contributed by atoms with E-state index in [2.05, 4.69) is 0 Å². The number of hydrogen-bond donors (Lipinski definition) is 0. The molecule has 1 amide bonds. The van der Waals surface area contributed by atoms with Crippen molar-refractivity contribution in [1.82, 2.24) is 4.57 Å². The Morgan fingerprint density at radius 1 is 0.744 bits per heavy atom. The number of anilines is 2. The monoisotopic (exact) mass is 516 g/mol. The molecule has 194 valence electrons. The first kappa shape index (κ1) is 25.7. The van der Waals surface area contributed by atoms with Gasteiger partial charge in [-0.15, -0.1) is 0 Å². The zero-order valence-corrected chi connectivity index (χ0v) is 21.8. The highest BCUT2D eigenvalue weighted by Gasteiger charge is 2.24. The van der Waals surface area contributed by atoms with Gasteiger partial charge in [-0.25, -0.2) is 4.79 Å². The van der Waals surface area contributed by atoms with Gasteiger partial charge in [0.1, 0.15) is 12.3 Å². The second-order valence-electron chi connectivity index (χ2n) is 9.29. The number of carbonyl (C=O) groups excluding carboxylic acids is 2. The molecule has 0 saturated heterocycles. The van der Waals surface area contributed by atoms with Gasteiger partial charge >= 0.3 is 5.97 Å². The lowest BCUT2D eigenvalue weighted by Crippen LogP contribution is -2.29. The third kappa shape index (κ3) is 5.22. The van der Waals surface area contributed by atoms with Crippen molar-refractivity contribution >= 4 is 34.0 Å². The highest BCUT2D eigenvalue weighted by Crippen LogP contribution is 2.31. The average molecular weight is 517 g/mol. The summed E-state index contributed by atoms with van der Waals surface area (Å²) in [6.07, 6.45) is -0.0308. The van der Waals surface area contributed by atoms with Crippen LogP contribution in [0.3, 0.4) is 0 Å². The first-order valence-corrected chi connectivity index (χ1v) is 12.7. The fraction of sp³-hybridized carbons (Fsp3) is 0.121. The fourth-order valence-electron chi connectivity index (χ4n) is 4.72. The minimum absolute atomic E-state index is 0.0308. The fourth-order valence-corrected chi connectivity index (χ4v) is 4.72. The largest absolute Gasteiger partial charge is 0.460 e. The highest BCUT2D eigenvalue weighted by molar-refractivity contribution is 6.07. The molecule has 0 aliphatic heterocycles. The van der Waals surface area contributed by atoms with E-state index >= 15 is 0 Å². The molecule has 0 saturated carbocycles. The van der Waals surface area contributed by atoms with Crippen LogP contribution in [0.15, 0.2) is 114 Å². The highest BCUT2D eigenvalue weighted by atomic mass is 16.5. The molecular formula is C33H28N2O4. The molecule has 0 aliphatic rings. The summed E-state index contributed by atoms with van der Waals surface area (Å²) in [5, 5.41) is 1.19. The maximum atomic E-state index is 13.5. The number of rotatable bonds is 7. The molecule has 0 aliphatic carbocycles. The molecule has 4 aromatic carbocycles. The quantitative estimate of drug-likeness (QED) is 0.234. The van der Waals surface area contributed by atoms with Gasteiger partial charge in [0.05, 0.1) is 6.42 Å². The molecule has 1 heterocycles. The van der Waals surface area contributed by atoms with E-state index in [1.807, 2.05) is 104 Å². The molecule has 0 fully saturated rings. The first-order valence-electron chi connectivity index (χ1n) is 12.7. The molecule has 39 heavy (non-hydrogen) atoms. The number of pyridine rings is 1. The number of aromatic nitrogens is 1. The maximum Gasteiger partial charge on any atom is 0.355 e. The van der Waals surface area contributed by atoms with Crippen LogP contribution < -0.4 is 10.5 Å². The Balaban J connectivity index is 1.44. The second-order valence-corrected chi connectivity index (χ2v) is 9.29. The van der Waals surface area contributed by atoms with E-state index in [1.165, 1.54) is 4.57 Å². The van der Waals surface area contributed by atoms with E-state index in [0.29, 0.717) is 16.3 Å². The van der Waals surface area contributed by atoms with Crippen molar-refractivity contribution in [1.29, 1.82) is 0 Å². The van der Waals surface area contributed by atoms with E-state index in [-0.39, 0.29) is 30.2 Å². The Bertz CT molecular complexity index is 1650. The zero-order valence-electron chi connectivity index (χ0n) is 21.8. The van der Waals surface area contributed by atoms with Crippen molar-refractivity contribution in [3.8, 4) is 11.1 Å². The second kappa shape index (κ2) is 11.2. The number of amides is 1. The molecule has 0 N–H and O–H groups in total. The van der Waals surface area contributed by atoms with Gasteiger partial charge in [0.2, 0.25) is 5.91 Å². The summed E-state index contributed by atoms with van der Waals surface area (Å²) in [5.74, 6) is -0.874. The Morgan fingerprint density at radius 2 is 1.28 bits per heavy atom. The Hall–Kier alpha value is -4.97. The summed E-state index contributed by atoms with van der Waals surface area (Å²) in [4.78, 5) is 41.6. The van der Waals surface area contributed by atoms with Crippen LogP contribution in [-0.2, 0) is 16.6 Å². The molecule has 6 nitrogen and oxygen atoms in total. The van der Waals surface area contributed by atoms with Gasteiger partial charge in [-0.2, -0.15) is 0 Å². The molecule has 0 atom stereocenters. The van der Waals surface area contributed by atoms with E-state index in [4.69, 9.17) is 4.74 Å². The molecule has 1 aromatic heterocycles. The summed E-state index contributed by atoms with van der Waals surface area (Å²) in [7, 11) is 1.57. The normalized spacial score (nSPS) is 10.8. The summed E-state index contributed by atoms with van der Waals surface area (Å²) in [6, 6.07) is 33.7. The first-order chi connectivity index (χ1) is 19.0. The van der Waals surface area contributed by atoms with Crippen LogP contribution in [0.2, 0.25) is 0 Å². The van der Waals surface area contributed by atoms with Gasteiger partial charge in [-0.05, 0) is 48.2 Å². The van der Waals surface area contributed by atoms with E-state index < -0.39 is 5.97 Å². The van der Waals surface area contributed by atoms with E-state index in [9.17, 15) is 14.4 Å². The third-order valence-corrected chi connectivity index (χ3v) is 6.66. The van der Waals surface area contributed by atoms with Crippen molar-refractivity contribution in [2.24, 2.45) is 7.05 Å². The van der Waals surface area contributed by atoms with Crippen LogP contribution in [0.1, 0.15) is 22.5 Å². The molecular weight excluding hydrogens is 488 g/mol. The number of hydrogen-bond acceptors (Lipinski definition) is 4. The minimum Gasteiger partial charge on any atom is -0.460 e. The third-order valence-electron chi connectivity index (χ3n) is 6.66. The summed E-state index contributed by atoms with van der Waals surface area (Å²) < 4.78 is 6.98. The standard InChI is InChI=1S/C33H28N2O4/c1-23-17-19-24(20-18-23)30-27-15-9-10-16-28(27)32(37)34(2)31(30)33(38)39-22-21-29(36)35(25-11-5-3-6-12-25)26-13-7-4-8-14-26/h3-20H,21-22H2,1-2H3.